The number of esters is 3. The van der Waals surface area contributed by atoms with Gasteiger partial charge in [0.05, 0.1) is 20.6 Å². The Balaban J connectivity index is 2.20. The van der Waals surface area contributed by atoms with E-state index < -0.39 is 23.4 Å². The summed E-state index contributed by atoms with van der Waals surface area (Å²) < 4.78 is 14.7. The predicted molar refractivity (Wildman–Crippen MR) is 89.2 cm³/mol. The zero-order valence-electron chi connectivity index (χ0n) is 15.1. The van der Waals surface area contributed by atoms with E-state index in [9.17, 15) is 14.4 Å². The Hall–Kier alpha value is -2.87. The van der Waals surface area contributed by atoms with Gasteiger partial charge in [-0.15, -0.1) is 5.06 Å². The van der Waals surface area contributed by atoms with E-state index in [4.69, 9.17) is 14.3 Å². The molecule has 0 fully saturated rings. The third-order valence-corrected chi connectivity index (χ3v) is 4.18. The van der Waals surface area contributed by atoms with E-state index in [1.165, 1.54) is 19.2 Å². The van der Waals surface area contributed by atoms with Crippen LogP contribution in [0.4, 0.5) is 0 Å². The number of hydrogen-bond acceptors (Lipinski definition) is 8. The average molecular weight is 363 g/mol. The molecular formula is C18H21NO7. The standard InChI is InChI=1S/C18H21NO7/c1-18(10-13(20)25-11-12-8-6-5-7-9-12)14(16(21)23-3)15(17(22)24-4)26-19(18)2/h5-9H,10-11H2,1-4H3. The highest BCUT2D eigenvalue weighted by atomic mass is 16.7. The first-order valence-electron chi connectivity index (χ1n) is 7.86. The molecule has 1 aliphatic rings. The molecular weight excluding hydrogens is 342 g/mol. The van der Waals surface area contributed by atoms with E-state index in [0.717, 1.165) is 12.7 Å². The van der Waals surface area contributed by atoms with E-state index in [-0.39, 0.29) is 24.4 Å². The number of carbonyl (C=O) groups excluding carboxylic acids is 3. The van der Waals surface area contributed by atoms with Crippen molar-refractivity contribution in [3.05, 3.63) is 47.2 Å². The maximum absolute atomic E-state index is 12.3. The number of nitrogens with zero attached hydrogens (tertiary/aromatic N) is 1. The lowest BCUT2D eigenvalue weighted by Gasteiger charge is -2.30. The minimum Gasteiger partial charge on any atom is -0.465 e. The van der Waals surface area contributed by atoms with Gasteiger partial charge in [-0.3, -0.25) is 4.79 Å². The molecule has 8 nitrogen and oxygen atoms in total. The van der Waals surface area contributed by atoms with Crippen LogP contribution in [0.2, 0.25) is 0 Å². The minimum atomic E-state index is -1.25. The van der Waals surface area contributed by atoms with E-state index in [1.54, 1.807) is 6.92 Å². The highest BCUT2D eigenvalue weighted by Crippen LogP contribution is 2.38. The van der Waals surface area contributed by atoms with Crippen molar-refractivity contribution in [1.29, 1.82) is 0 Å². The van der Waals surface area contributed by atoms with Crippen LogP contribution in [0.25, 0.3) is 0 Å². The second-order valence-electron chi connectivity index (χ2n) is 5.87. The molecule has 0 saturated heterocycles. The second kappa shape index (κ2) is 8.01. The van der Waals surface area contributed by atoms with Gasteiger partial charge in [0.2, 0.25) is 5.76 Å². The summed E-state index contributed by atoms with van der Waals surface area (Å²) in [7, 11) is 3.84. The number of rotatable bonds is 6. The zero-order valence-corrected chi connectivity index (χ0v) is 15.1. The Morgan fingerprint density at radius 3 is 2.27 bits per heavy atom. The molecule has 0 bridgehead atoms. The molecule has 1 unspecified atom stereocenters. The van der Waals surface area contributed by atoms with Gasteiger partial charge in [0, 0.05) is 7.05 Å². The molecule has 0 N–H and O–H groups in total. The van der Waals surface area contributed by atoms with Crippen LogP contribution in [-0.2, 0) is 40.0 Å². The molecule has 0 aliphatic carbocycles. The summed E-state index contributed by atoms with van der Waals surface area (Å²) in [5, 5.41) is 1.25. The quantitative estimate of drug-likeness (QED) is 0.553. The summed E-state index contributed by atoms with van der Waals surface area (Å²) in [6.45, 7) is 1.68. The maximum Gasteiger partial charge on any atom is 0.376 e. The summed E-state index contributed by atoms with van der Waals surface area (Å²) in [6, 6.07) is 9.19. The van der Waals surface area contributed by atoms with Gasteiger partial charge in [-0.2, -0.15) is 0 Å². The number of carbonyl (C=O) groups is 3. The van der Waals surface area contributed by atoms with Crippen molar-refractivity contribution in [2.45, 2.75) is 25.5 Å². The second-order valence-corrected chi connectivity index (χ2v) is 5.87. The summed E-state index contributed by atoms with van der Waals surface area (Å²) in [5.74, 6) is -2.48. The molecule has 1 heterocycles. The predicted octanol–water partition coefficient (Wildman–Crippen LogP) is 1.36. The number of hydrogen-bond donors (Lipinski definition) is 0. The van der Waals surface area contributed by atoms with Crippen molar-refractivity contribution in [3.63, 3.8) is 0 Å². The van der Waals surface area contributed by atoms with Gasteiger partial charge in [-0.05, 0) is 12.5 Å². The Morgan fingerprint density at radius 2 is 1.69 bits per heavy atom. The molecule has 1 atom stereocenters. The fourth-order valence-corrected chi connectivity index (χ4v) is 2.60. The van der Waals surface area contributed by atoms with Crippen molar-refractivity contribution >= 4 is 17.9 Å². The van der Waals surface area contributed by atoms with Crippen molar-refractivity contribution in [1.82, 2.24) is 5.06 Å². The van der Waals surface area contributed by atoms with Gasteiger partial charge < -0.3 is 19.0 Å². The molecule has 0 amide bonds. The minimum absolute atomic E-state index is 0.0917. The highest BCUT2D eigenvalue weighted by Gasteiger charge is 2.52. The van der Waals surface area contributed by atoms with Crippen LogP contribution in [-0.4, -0.2) is 49.8 Å². The molecule has 2 rings (SSSR count). The van der Waals surface area contributed by atoms with Crippen LogP contribution in [0.3, 0.4) is 0 Å². The van der Waals surface area contributed by atoms with E-state index in [2.05, 4.69) is 4.74 Å². The first-order valence-corrected chi connectivity index (χ1v) is 7.86. The van der Waals surface area contributed by atoms with Gasteiger partial charge in [0.15, 0.2) is 0 Å². The molecule has 26 heavy (non-hydrogen) atoms. The normalized spacial score (nSPS) is 19.7. The third kappa shape index (κ3) is 3.85. The van der Waals surface area contributed by atoms with Crippen LogP contribution in [0.1, 0.15) is 18.9 Å². The molecule has 0 radical (unpaired) electrons. The van der Waals surface area contributed by atoms with Gasteiger partial charge in [0.25, 0.3) is 0 Å². The SMILES string of the molecule is COC(=O)C1=C(C(=O)OC)C(C)(CC(=O)OCc2ccccc2)N(C)O1. The molecule has 8 heteroatoms. The van der Waals surface area contributed by atoms with E-state index in [1.807, 2.05) is 30.3 Å². The molecule has 140 valence electrons. The number of benzene rings is 1. The third-order valence-electron chi connectivity index (χ3n) is 4.18. The van der Waals surface area contributed by atoms with Gasteiger partial charge >= 0.3 is 17.9 Å². The lowest BCUT2D eigenvalue weighted by molar-refractivity contribution is -0.167. The van der Waals surface area contributed by atoms with Crippen LogP contribution in [0.15, 0.2) is 41.7 Å². The monoisotopic (exact) mass is 363 g/mol. The van der Waals surface area contributed by atoms with Gasteiger partial charge in [-0.1, -0.05) is 30.3 Å². The molecule has 0 saturated carbocycles. The van der Waals surface area contributed by atoms with Crippen molar-refractivity contribution in [2.24, 2.45) is 0 Å². The average Bonchev–Trinajstić information content (AvgIpc) is 2.90. The molecule has 1 aromatic carbocycles. The van der Waals surface area contributed by atoms with Crippen molar-refractivity contribution in [2.75, 3.05) is 21.3 Å². The molecule has 0 spiro atoms. The van der Waals surface area contributed by atoms with Crippen LogP contribution < -0.4 is 0 Å². The van der Waals surface area contributed by atoms with Gasteiger partial charge in [0.1, 0.15) is 17.7 Å². The lowest BCUT2D eigenvalue weighted by atomic mass is 9.87. The lowest BCUT2D eigenvalue weighted by Crippen LogP contribution is -2.44. The Labute approximate surface area is 151 Å². The Kier molecular flexibility index (Phi) is 5.99. The summed E-state index contributed by atoms with van der Waals surface area (Å²) >= 11 is 0. The smallest absolute Gasteiger partial charge is 0.376 e. The highest BCUT2D eigenvalue weighted by molar-refractivity contribution is 6.02. The van der Waals surface area contributed by atoms with Crippen molar-refractivity contribution < 1.29 is 33.4 Å². The Bertz CT molecular complexity index is 728. The van der Waals surface area contributed by atoms with Crippen LogP contribution >= 0.6 is 0 Å². The number of ether oxygens (including phenoxy) is 3. The summed E-state index contributed by atoms with van der Waals surface area (Å²) in [4.78, 5) is 41.8. The topological polar surface area (TPSA) is 91.4 Å². The molecule has 1 aromatic rings. The molecule has 1 aliphatic heterocycles. The van der Waals surface area contributed by atoms with E-state index in [0.29, 0.717) is 0 Å². The van der Waals surface area contributed by atoms with Gasteiger partial charge in [-0.25, -0.2) is 9.59 Å². The number of likely N-dealkylation sites (N-methyl/N-ethyl adjacent to an activating group) is 1. The Morgan fingerprint density at radius 1 is 1.08 bits per heavy atom. The summed E-state index contributed by atoms with van der Waals surface area (Å²) in [5.41, 5.74) is -0.503. The largest absolute Gasteiger partial charge is 0.465 e. The van der Waals surface area contributed by atoms with E-state index >= 15 is 0 Å². The van der Waals surface area contributed by atoms with Crippen molar-refractivity contribution in [3.8, 4) is 0 Å². The maximum atomic E-state index is 12.3. The molecule has 0 aromatic heterocycles. The fourth-order valence-electron chi connectivity index (χ4n) is 2.60. The summed E-state index contributed by atoms with van der Waals surface area (Å²) in [6.07, 6.45) is -0.221. The fraction of sp³-hybridized carbons (Fsp3) is 0.389. The van der Waals surface area contributed by atoms with Crippen LogP contribution in [0, 0.1) is 0 Å². The number of hydroxylamine groups is 2. The first kappa shape index (κ1) is 19.5. The first-order chi connectivity index (χ1) is 12.3. The number of methoxy groups -OCH3 is 2. The van der Waals surface area contributed by atoms with Crippen LogP contribution in [0.5, 0.6) is 0 Å². The zero-order chi connectivity index (χ0) is 19.3.